The zero-order valence-electron chi connectivity index (χ0n) is 12.4. The summed E-state index contributed by atoms with van der Waals surface area (Å²) in [6, 6.07) is 0. The van der Waals surface area contributed by atoms with Crippen LogP contribution in [0.5, 0.6) is 0 Å². The smallest absolute Gasteiger partial charge is 0.257 e. The Labute approximate surface area is 124 Å². The van der Waals surface area contributed by atoms with Crippen molar-refractivity contribution in [3.63, 3.8) is 0 Å². The van der Waals surface area contributed by atoms with Crippen LogP contribution < -0.4 is 5.73 Å². The minimum absolute atomic E-state index is 0.0706. The number of thiophene rings is 1. The number of aryl methyl sites for hydroxylation is 1. The third-order valence-corrected chi connectivity index (χ3v) is 4.97. The van der Waals surface area contributed by atoms with Gasteiger partial charge in [0.25, 0.3) is 5.91 Å². The summed E-state index contributed by atoms with van der Waals surface area (Å²) in [5.74, 6) is 0.0706. The van der Waals surface area contributed by atoms with Gasteiger partial charge in [0.2, 0.25) is 0 Å². The molecule has 0 spiro atoms. The van der Waals surface area contributed by atoms with Crippen molar-refractivity contribution in [2.45, 2.75) is 39.5 Å². The largest absolute Gasteiger partial charge is 0.390 e. The second kappa shape index (κ2) is 7.09. The first kappa shape index (κ1) is 15.3. The Balaban J connectivity index is 2.12. The van der Waals surface area contributed by atoms with Crippen molar-refractivity contribution in [2.24, 2.45) is 0 Å². The van der Waals surface area contributed by atoms with Crippen molar-refractivity contribution in [1.29, 1.82) is 0 Å². The standard InChI is InChI=1S/C15H24N2O2S/c1-3-4-5-6-12-11(2)13(14(16)20-12)15(18)17-7-9-19-10-8-17/h3-10,16H2,1-2H3. The highest BCUT2D eigenvalue weighted by Gasteiger charge is 2.25. The normalized spacial score (nSPS) is 15.6. The predicted molar refractivity (Wildman–Crippen MR) is 83.4 cm³/mol. The van der Waals surface area contributed by atoms with E-state index in [9.17, 15) is 4.79 Å². The van der Waals surface area contributed by atoms with Gasteiger partial charge in [-0.2, -0.15) is 0 Å². The van der Waals surface area contributed by atoms with Crippen LogP contribution in [0, 0.1) is 6.92 Å². The number of amides is 1. The summed E-state index contributed by atoms with van der Waals surface area (Å²) in [7, 11) is 0. The summed E-state index contributed by atoms with van der Waals surface area (Å²) in [5.41, 5.74) is 7.90. The maximum absolute atomic E-state index is 12.6. The molecule has 1 aromatic heterocycles. The lowest BCUT2D eigenvalue weighted by Crippen LogP contribution is -2.41. The van der Waals surface area contributed by atoms with Crippen LogP contribution in [0.15, 0.2) is 0 Å². The summed E-state index contributed by atoms with van der Waals surface area (Å²) >= 11 is 1.58. The Morgan fingerprint density at radius 1 is 1.35 bits per heavy atom. The van der Waals surface area contributed by atoms with E-state index in [0.717, 1.165) is 17.5 Å². The maximum atomic E-state index is 12.6. The molecule has 1 saturated heterocycles. The van der Waals surface area contributed by atoms with Crippen molar-refractivity contribution in [3.8, 4) is 0 Å². The summed E-state index contributed by atoms with van der Waals surface area (Å²) in [6.07, 6.45) is 4.64. The van der Waals surface area contributed by atoms with E-state index in [1.807, 2.05) is 11.8 Å². The fourth-order valence-corrected chi connectivity index (χ4v) is 3.66. The average Bonchev–Trinajstić information content (AvgIpc) is 2.74. The van der Waals surface area contributed by atoms with E-state index in [2.05, 4.69) is 6.92 Å². The first-order chi connectivity index (χ1) is 9.65. The van der Waals surface area contributed by atoms with Crippen LogP contribution in [0.4, 0.5) is 5.00 Å². The molecule has 0 aromatic carbocycles. The van der Waals surface area contributed by atoms with Crippen LogP contribution in [0.1, 0.15) is 47.0 Å². The number of rotatable bonds is 5. The number of hydrogen-bond donors (Lipinski definition) is 1. The number of nitrogens with zero attached hydrogens (tertiary/aromatic N) is 1. The number of unbranched alkanes of at least 4 members (excludes halogenated alkanes) is 2. The molecule has 0 unspecified atom stereocenters. The zero-order chi connectivity index (χ0) is 14.5. The Morgan fingerprint density at radius 2 is 2.05 bits per heavy atom. The fourth-order valence-electron chi connectivity index (χ4n) is 2.55. The van der Waals surface area contributed by atoms with Crippen molar-refractivity contribution in [3.05, 3.63) is 16.0 Å². The van der Waals surface area contributed by atoms with Crippen LogP contribution in [0.2, 0.25) is 0 Å². The second-order valence-corrected chi connectivity index (χ2v) is 6.39. The molecule has 2 heterocycles. The lowest BCUT2D eigenvalue weighted by Gasteiger charge is -2.27. The number of anilines is 1. The average molecular weight is 296 g/mol. The molecule has 1 aliphatic rings. The number of nitrogen functional groups attached to an aromatic ring is 1. The van der Waals surface area contributed by atoms with Gasteiger partial charge in [-0.05, 0) is 25.3 Å². The zero-order valence-corrected chi connectivity index (χ0v) is 13.2. The highest BCUT2D eigenvalue weighted by atomic mass is 32.1. The molecule has 1 aromatic rings. The van der Waals surface area contributed by atoms with Crippen LogP contribution in [-0.2, 0) is 11.2 Å². The molecule has 112 valence electrons. The highest BCUT2D eigenvalue weighted by Crippen LogP contribution is 2.32. The number of morpholine rings is 1. The topological polar surface area (TPSA) is 55.6 Å². The SMILES string of the molecule is CCCCCc1sc(N)c(C(=O)N2CCOCC2)c1C. The molecule has 0 saturated carbocycles. The molecule has 0 radical (unpaired) electrons. The Bertz CT molecular complexity index is 465. The molecule has 20 heavy (non-hydrogen) atoms. The highest BCUT2D eigenvalue weighted by molar-refractivity contribution is 7.16. The van der Waals surface area contributed by atoms with E-state index in [1.54, 1.807) is 11.3 Å². The minimum atomic E-state index is 0.0706. The van der Waals surface area contributed by atoms with Crippen molar-refractivity contribution >= 4 is 22.2 Å². The van der Waals surface area contributed by atoms with Crippen LogP contribution in [0.25, 0.3) is 0 Å². The Kier molecular flexibility index (Phi) is 5.43. The quantitative estimate of drug-likeness (QED) is 0.850. The van der Waals surface area contributed by atoms with Crippen molar-refractivity contribution in [2.75, 3.05) is 32.0 Å². The second-order valence-electron chi connectivity index (χ2n) is 5.25. The number of ether oxygens (including phenoxy) is 1. The number of nitrogens with two attached hydrogens (primary N) is 1. The lowest BCUT2D eigenvalue weighted by molar-refractivity contribution is 0.0303. The van der Waals surface area contributed by atoms with Gasteiger partial charge in [-0.25, -0.2) is 0 Å². The predicted octanol–water partition coefficient (Wildman–Crippen LogP) is 2.84. The molecular weight excluding hydrogens is 272 g/mol. The van der Waals surface area contributed by atoms with E-state index in [1.165, 1.54) is 24.1 Å². The molecular formula is C15H24N2O2S. The summed E-state index contributed by atoms with van der Waals surface area (Å²) in [4.78, 5) is 15.7. The third-order valence-electron chi connectivity index (χ3n) is 3.79. The van der Waals surface area contributed by atoms with E-state index in [0.29, 0.717) is 31.3 Å². The van der Waals surface area contributed by atoms with Gasteiger partial charge in [-0.3, -0.25) is 4.79 Å². The number of carbonyl (C=O) groups is 1. The molecule has 2 N–H and O–H groups in total. The Morgan fingerprint density at radius 3 is 2.70 bits per heavy atom. The lowest BCUT2D eigenvalue weighted by atomic mass is 10.1. The monoisotopic (exact) mass is 296 g/mol. The van der Waals surface area contributed by atoms with E-state index < -0.39 is 0 Å². The number of hydrogen-bond acceptors (Lipinski definition) is 4. The van der Waals surface area contributed by atoms with Gasteiger partial charge in [0, 0.05) is 18.0 Å². The van der Waals surface area contributed by atoms with Crippen molar-refractivity contribution < 1.29 is 9.53 Å². The van der Waals surface area contributed by atoms with E-state index in [4.69, 9.17) is 10.5 Å². The fraction of sp³-hybridized carbons (Fsp3) is 0.667. The maximum Gasteiger partial charge on any atom is 0.257 e. The van der Waals surface area contributed by atoms with Gasteiger partial charge in [0.05, 0.1) is 23.8 Å². The van der Waals surface area contributed by atoms with E-state index in [-0.39, 0.29) is 5.91 Å². The molecule has 0 atom stereocenters. The molecule has 0 bridgehead atoms. The Hall–Kier alpha value is -1.07. The first-order valence-corrected chi connectivity index (χ1v) is 8.21. The molecule has 0 aliphatic carbocycles. The van der Waals surface area contributed by atoms with Gasteiger partial charge in [-0.15, -0.1) is 11.3 Å². The van der Waals surface area contributed by atoms with Gasteiger partial charge >= 0.3 is 0 Å². The van der Waals surface area contributed by atoms with Gasteiger partial charge in [-0.1, -0.05) is 19.8 Å². The molecule has 1 fully saturated rings. The van der Waals surface area contributed by atoms with Crippen molar-refractivity contribution in [1.82, 2.24) is 4.90 Å². The van der Waals surface area contributed by atoms with Crippen LogP contribution in [0.3, 0.4) is 0 Å². The minimum Gasteiger partial charge on any atom is -0.390 e. The molecule has 1 amide bonds. The first-order valence-electron chi connectivity index (χ1n) is 7.40. The molecule has 4 nitrogen and oxygen atoms in total. The molecule has 1 aliphatic heterocycles. The summed E-state index contributed by atoms with van der Waals surface area (Å²) in [6.45, 7) is 6.80. The third kappa shape index (κ3) is 3.33. The van der Waals surface area contributed by atoms with E-state index >= 15 is 0 Å². The van der Waals surface area contributed by atoms with Crippen LogP contribution >= 0.6 is 11.3 Å². The van der Waals surface area contributed by atoms with Gasteiger partial charge < -0.3 is 15.4 Å². The number of carbonyl (C=O) groups excluding carboxylic acids is 1. The molecule has 5 heteroatoms. The molecule has 2 rings (SSSR count). The van der Waals surface area contributed by atoms with Gasteiger partial charge in [0.15, 0.2) is 0 Å². The van der Waals surface area contributed by atoms with Crippen LogP contribution in [-0.4, -0.2) is 37.1 Å². The van der Waals surface area contributed by atoms with Gasteiger partial charge in [0.1, 0.15) is 0 Å². The summed E-state index contributed by atoms with van der Waals surface area (Å²) < 4.78 is 5.29. The summed E-state index contributed by atoms with van der Waals surface area (Å²) in [5, 5.41) is 0.672.